The van der Waals surface area contributed by atoms with E-state index in [1.165, 1.54) is 0 Å². The van der Waals surface area contributed by atoms with E-state index in [0.29, 0.717) is 0 Å². The first-order valence-electron chi connectivity index (χ1n) is 4.68. The Morgan fingerprint density at radius 1 is 1.47 bits per heavy atom. The largest absolute Gasteiger partial charge is 0.264 e. The lowest BCUT2D eigenvalue weighted by molar-refractivity contribution is 1.24. The highest BCUT2D eigenvalue weighted by atomic mass is 32.1. The number of hydrogen-bond acceptors (Lipinski definition) is 4. The molecule has 0 amide bonds. The van der Waals surface area contributed by atoms with Gasteiger partial charge >= 0.3 is 0 Å². The van der Waals surface area contributed by atoms with Crippen molar-refractivity contribution < 1.29 is 0 Å². The minimum atomic E-state index is 0.969. The Kier molecular flexibility index (Phi) is 2.87. The third-order valence-electron chi connectivity index (χ3n) is 1.93. The molecule has 0 aliphatic rings. The van der Waals surface area contributed by atoms with Gasteiger partial charge in [-0.15, -0.1) is 0 Å². The van der Waals surface area contributed by atoms with Crippen LogP contribution in [0.2, 0.25) is 0 Å². The summed E-state index contributed by atoms with van der Waals surface area (Å²) >= 11 is 1.59. The quantitative estimate of drug-likeness (QED) is 0.724. The van der Waals surface area contributed by atoms with Gasteiger partial charge in [-0.1, -0.05) is 11.3 Å². The van der Waals surface area contributed by atoms with Crippen molar-refractivity contribution in [2.24, 2.45) is 4.99 Å². The SMILES string of the molecule is CC=Nc1sc(-c2cccnc2)nc1C. The Balaban J connectivity index is 2.43. The summed E-state index contributed by atoms with van der Waals surface area (Å²) in [6, 6.07) is 3.92. The number of aryl methyl sites for hydroxylation is 1. The third-order valence-corrected chi connectivity index (χ3v) is 3.04. The molecule has 3 nitrogen and oxygen atoms in total. The molecule has 0 unspecified atom stereocenters. The van der Waals surface area contributed by atoms with E-state index >= 15 is 0 Å². The summed E-state index contributed by atoms with van der Waals surface area (Å²) < 4.78 is 0. The van der Waals surface area contributed by atoms with Crippen molar-refractivity contribution >= 4 is 22.6 Å². The average Bonchev–Trinajstić information content (AvgIpc) is 2.63. The molecule has 2 aromatic heterocycles. The maximum absolute atomic E-state index is 4.46. The minimum absolute atomic E-state index is 0.969. The van der Waals surface area contributed by atoms with Gasteiger partial charge in [-0.05, 0) is 26.0 Å². The van der Waals surface area contributed by atoms with Gasteiger partial charge < -0.3 is 0 Å². The van der Waals surface area contributed by atoms with E-state index in [1.807, 2.05) is 32.2 Å². The molecule has 0 spiro atoms. The van der Waals surface area contributed by atoms with Gasteiger partial charge in [0.2, 0.25) is 0 Å². The van der Waals surface area contributed by atoms with E-state index < -0.39 is 0 Å². The van der Waals surface area contributed by atoms with Crippen LogP contribution in [0.3, 0.4) is 0 Å². The molecular weight excluding hydrogens is 206 g/mol. The zero-order chi connectivity index (χ0) is 10.7. The molecule has 2 aromatic rings. The number of thiazole rings is 1. The number of pyridine rings is 1. The van der Waals surface area contributed by atoms with Gasteiger partial charge in [-0.2, -0.15) is 0 Å². The molecule has 0 bridgehead atoms. The number of hydrogen-bond donors (Lipinski definition) is 0. The Bertz CT molecular complexity index is 474. The van der Waals surface area contributed by atoms with E-state index in [9.17, 15) is 0 Å². The summed E-state index contributed by atoms with van der Waals surface area (Å²) in [6.07, 6.45) is 5.36. The monoisotopic (exact) mass is 217 g/mol. The highest BCUT2D eigenvalue weighted by Gasteiger charge is 2.07. The normalized spacial score (nSPS) is 11.1. The molecule has 0 radical (unpaired) electrons. The predicted molar refractivity (Wildman–Crippen MR) is 63.9 cm³/mol. The van der Waals surface area contributed by atoms with Crippen LogP contribution in [0.4, 0.5) is 5.00 Å². The molecule has 4 heteroatoms. The van der Waals surface area contributed by atoms with Crippen LogP contribution >= 0.6 is 11.3 Å². The van der Waals surface area contributed by atoms with Crippen molar-refractivity contribution in [2.75, 3.05) is 0 Å². The zero-order valence-electron chi connectivity index (χ0n) is 8.64. The lowest BCUT2D eigenvalue weighted by Crippen LogP contribution is -1.77. The first-order chi connectivity index (χ1) is 7.31. The molecule has 0 fully saturated rings. The van der Waals surface area contributed by atoms with Gasteiger partial charge in [0.05, 0.1) is 5.69 Å². The molecule has 0 aliphatic heterocycles. The average molecular weight is 217 g/mol. The number of aromatic nitrogens is 2. The molecule has 0 saturated carbocycles. The highest BCUT2D eigenvalue weighted by Crippen LogP contribution is 2.32. The van der Waals surface area contributed by atoms with Crippen LogP contribution in [0.25, 0.3) is 10.6 Å². The van der Waals surface area contributed by atoms with E-state index in [0.717, 1.165) is 21.3 Å². The minimum Gasteiger partial charge on any atom is -0.264 e. The third kappa shape index (κ3) is 2.10. The van der Waals surface area contributed by atoms with E-state index in [4.69, 9.17) is 0 Å². The summed E-state index contributed by atoms with van der Waals surface area (Å²) in [5, 5.41) is 1.94. The Morgan fingerprint density at radius 2 is 2.33 bits per heavy atom. The smallest absolute Gasteiger partial charge is 0.138 e. The summed E-state index contributed by atoms with van der Waals surface area (Å²) in [5.74, 6) is 0. The molecule has 76 valence electrons. The fourth-order valence-electron chi connectivity index (χ4n) is 1.24. The maximum Gasteiger partial charge on any atom is 0.138 e. The Hall–Kier alpha value is -1.55. The summed E-state index contributed by atoms with van der Waals surface area (Å²) in [4.78, 5) is 12.8. The molecule has 0 aliphatic carbocycles. The predicted octanol–water partition coefficient (Wildman–Crippen LogP) is 3.24. The van der Waals surface area contributed by atoms with Gasteiger partial charge in [0.15, 0.2) is 0 Å². The summed E-state index contributed by atoms with van der Waals surface area (Å²) in [6.45, 7) is 3.88. The standard InChI is InChI=1S/C11H11N3S/c1-3-13-10-8(2)14-11(15-10)9-5-4-6-12-7-9/h3-7H,1-2H3. The number of aliphatic imine (C=N–C) groups is 1. The lowest BCUT2D eigenvalue weighted by Gasteiger charge is -1.91. The van der Waals surface area contributed by atoms with Crippen molar-refractivity contribution in [1.29, 1.82) is 0 Å². The molecule has 2 heterocycles. The van der Waals surface area contributed by atoms with Gasteiger partial charge in [-0.25, -0.2) is 9.98 Å². The molecular formula is C11H11N3S. The van der Waals surface area contributed by atoms with Crippen LogP contribution in [0, 0.1) is 6.92 Å². The van der Waals surface area contributed by atoms with Crippen molar-refractivity contribution in [3.63, 3.8) is 0 Å². The van der Waals surface area contributed by atoms with Crippen molar-refractivity contribution in [3.05, 3.63) is 30.2 Å². The molecule has 15 heavy (non-hydrogen) atoms. The maximum atomic E-state index is 4.46. The highest BCUT2D eigenvalue weighted by molar-refractivity contribution is 7.18. The lowest BCUT2D eigenvalue weighted by atomic mass is 10.3. The second-order valence-corrected chi connectivity index (χ2v) is 4.02. The van der Waals surface area contributed by atoms with E-state index in [2.05, 4.69) is 15.0 Å². The summed E-state index contributed by atoms with van der Waals surface area (Å²) in [5.41, 5.74) is 2.01. The van der Waals surface area contributed by atoms with Crippen LogP contribution < -0.4 is 0 Å². The van der Waals surface area contributed by atoms with Crippen LogP contribution in [-0.2, 0) is 0 Å². The number of rotatable bonds is 2. The second-order valence-electron chi connectivity index (χ2n) is 3.04. The fourth-order valence-corrected chi connectivity index (χ4v) is 2.19. The van der Waals surface area contributed by atoms with Crippen LogP contribution in [-0.4, -0.2) is 16.2 Å². The Labute approximate surface area is 92.6 Å². The van der Waals surface area contributed by atoms with E-state index in [-0.39, 0.29) is 0 Å². The van der Waals surface area contributed by atoms with Gasteiger partial charge in [-0.3, -0.25) is 4.98 Å². The number of nitrogens with zero attached hydrogens (tertiary/aromatic N) is 3. The Morgan fingerprint density at radius 3 is 3.00 bits per heavy atom. The first-order valence-corrected chi connectivity index (χ1v) is 5.49. The second kappa shape index (κ2) is 4.31. The first kappa shape index (κ1) is 9.98. The van der Waals surface area contributed by atoms with Gasteiger partial charge in [0.25, 0.3) is 0 Å². The van der Waals surface area contributed by atoms with Crippen LogP contribution in [0.1, 0.15) is 12.6 Å². The zero-order valence-corrected chi connectivity index (χ0v) is 9.45. The van der Waals surface area contributed by atoms with Crippen molar-refractivity contribution in [3.8, 4) is 10.6 Å². The molecule has 0 atom stereocenters. The van der Waals surface area contributed by atoms with Gasteiger partial charge in [0, 0.05) is 24.2 Å². The van der Waals surface area contributed by atoms with Crippen molar-refractivity contribution in [1.82, 2.24) is 9.97 Å². The van der Waals surface area contributed by atoms with Crippen LogP contribution in [0.5, 0.6) is 0 Å². The topological polar surface area (TPSA) is 38.1 Å². The summed E-state index contributed by atoms with van der Waals surface area (Å²) in [7, 11) is 0. The molecule has 0 aromatic carbocycles. The molecule has 0 saturated heterocycles. The molecule has 0 N–H and O–H groups in total. The van der Waals surface area contributed by atoms with Crippen molar-refractivity contribution in [2.45, 2.75) is 13.8 Å². The molecule has 2 rings (SSSR count). The van der Waals surface area contributed by atoms with Gasteiger partial charge in [0.1, 0.15) is 10.0 Å². The van der Waals surface area contributed by atoms with Crippen LogP contribution in [0.15, 0.2) is 29.5 Å². The van der Waals surface area contributed by atoms with E-state index in [1.54, 1.807) is 23.7 Å². The fraction of sp³-hybridized carbons (Fsp3) is 0.182.